The second kappa shape index (κ2) is 12.3. The number of fused-ring (bicyclic) bond motifs is 1. The number of nitrogens with zero attached hydrogens (tertiary/aromatic N) is 6. The van der Waals surface area contributed by atoms with Gasteiger partial charge in [-0.05, 0) is 30.9 Å². The van der Waals surface area contributed by atoms with Gasteiger partial charge in [-0.1, -0.05) is 60.7 Å². The van der Waals surface area contributed by atoms with Crippen LogP contribution in [-0.2, 0) is 18.4 Å². The molecule has 1 N–H and O–H groups in total. The number of amides is 2. The zero-order valence-corrected chi connectivity index (χ0v) is 26.5. The van der Waals surface area contributed by atoms with E-state index < -0.39 is 5.60 Å². The molecule has 2 aliphatic rings. The summed E-state index contributed by atoms with van der Waals surface area (Å²) < 4.78 is 3.27. The van der Waals surface area contributed by atoms with Crippen molar-refractivity contribution in [3.05, 3.63) is 106 Å². The third-order valence-electron chi connectivity index (χ3n) is 9.50. The summed E-state index contributed by atoms with van der Waals surface area (Å²) in [5, 5.41) is 12.8. The van der Waals surface area contributed by atoms with E-state index in [0.717, 1.165) is 16.1 Å². The molecular formula is C35H36N6O4S. The highest BCUT2D eigenvalue weighted by Crippen LogP contribution is 2.37. The van der Waals surface area contributed by atoms with Crippen molar-refractivity contribution in [2.75, 3.05) is 26.2 Å². The summed E-state index contributed by atoms with van der Waals surface area (Å²) in [5.74, 6) is -0.452. The molecule has 0 spiro atoms. The van der Waals surface area contributed by atoms with E-state index in [1.807, 2.05) is 77.5 Å². The third-order valence-corrected chi connectivity index (χ3v) is 10.5. The molecule has 2 saturated heterocycles. The first kappa shape index (κ1) is 30.1. The van der Waals surface area contributed by atoms with Crippen LogP contribution >= 0.6 is 11.3 Å². The van der Waals surface area contributed by atoms with Gasteiger partial charge in [-0.25, -0.2) is 9.97 Å². The molecule has 2 aliphatic heterocycles. The summed E-state index contributed by atoms with van der Waals surface area (Å²) in [6.45, 7) is 1.84. The van der Waals surface area contributed by atoms with Gasteiger partial charge < -0.3 is 19.5 Å². The molecule has 7 rings (SSSR count). The molecule has 3 aromatic heterocycles. The van der Waals surface area contributed by atoms with Crippen LogP contribution in [0.4, 0.5) is 0 Å². The van der Waals surface area contributed by atoms with E-state index >= 15 is 0 Å². The molecule has 5 aromatic rings. The number of aromatic nitrogens is 4. The van der Waals surface area contributed by atoms with E-state index in [4.69, 9.17) is 0 Å². The van der Waals surface area contributed by atoms with E-state index in [1.165, 1.54) is 22.2 Å². The van der Waals surface area contributed by atoms with Gasteiger partial charge >= 0.3 is 0 Å². The van der Waals surface area contributed by atoms with Crippen molar-refractivity contribution in [3.63, 3.8) is 0 Å². The van der Waals surface area contributed by atoms with E-state index in [0.29, 0.717) is 61.4 Å². The number of hydrogen-bond donors (Lipinski definition) is 1. The topological polar surface area (TPSA) is 114 Å². The van der Waals surface area contributed by atoms with Gasteiger partial charge in [0.2, 0.25) is 5.91 Å². The minimum atomic E-state index is -1.12. The maximum Gasteiger partial charge on any atom is 0.265 e. The highest BCUT2D eigenvalue weighted by molar-refractivity contribution is 7.16. The lowest BCUT2D eigenvalue weighted by Crippen LogP contribution is -2.53. The molecule has 0 unspecified atom stereocenters. The van der Waals surface area contributed by atoms with Gasteiger partial charge in [0.05, 0.1) is 23.7 Å². The Morgan fingerprint density at radius 2 is 1.67 bits per heavy atom. The molecule has 0 aliphatic carbocycles. The lowest BCUT2D eigenvalue weighted by Gasteiger charge is -2.43. The minimum absolute atomic E-state index is 0.0525. The molecule has 10 nitrogen and oxygen atoms in total. The Hall–Kier alpha value is -4.61. The van der Waals surface area contributed by atoms with Crippen molar-refractivity contribution in [3.8, 4) is 10.6 Å². The Balaban J connectivity index is 1.04. The fourth-order valence-corrected chi connectivity index (χ4v) is 7.75. The van der Waals surface area contributed by atoms with Crippen LogP contribution in [0.25, 0.3) is 21.6 Å². The van der Waals surface area contributed by atoms with Crippen LogP contribution in [0, 0.1) is 5.92 Å². The Bertz CT molecular complexity index is 1930. The number of benzene rings is 2. The summed E-state index contributed by atoms with van der Waals surface area (Å²) in [5.41, 5.74) is 1.32. The van der Waals surface area contributed by atoms with Crippen molar-refractivity contribution in [2.24, 2.45) is 13.0 Å². The molecule has 0 saturated carbocycles. The summed E-state index contributed by atoms with van der Waals surface area (Å²) >= 11 is 1.39. The number of hydrogen-bond acceptors (Lipinski definition) is 7. The largest absolute Gasteiger partial charge is 0.388 e. The first-order chi connectivity index (χ1) is 22.3. The van der Waals surface area contributed by atoms with Gasteiger partial charge in [0.1, 0.15) is 21.9 Å². The summed E-state index contributed by atoms with van der Waals surface area (Å²) in [6, 6.07) is 21.5. The number of rotatable bonds is 6. The summed E-state index contributed by atoms with van der Waals surface area (Å²) in [4.78, 5) is 54.0. The molecule has 11 heteroatoms. The maximum absolute atomic E-state index is 14.1. The Labute approximate surface area is 270 Å². The zero-order chi connectivity index (χ0) is 31.8. The van der Waals surface area contributed by atoms with E-state index in [1.54, 1.807) is 23.0 Å². The molecule has 2 aromatic carbocycles. The van der Waals surface area contributed by atoms with Crippen molar-refractivity contribution in [2.45, 2.75) is 37.3 Å². The smallest absolute Gasteiger partial charge is 0.265 e. The Kier molecular flexibility index (Phi) is 8.04. The zero-order valence-electron chi connectivity index (χ0n) is 25.7. The van der Waals surface area contributed by atoms with Gasteiger partial charge in [-0.15, -0.1) is 11.3 Å². The van der Waals surface area contributed by atoms with Gasteiger partial charge in [-0.2, -0.15) is 0 Å². The summed E-state index contributed by atoms with van der Waals surface area (Å²) in [7, 11) is 1.84. The number of likely N-dealkylation sites (tertiary alicyclic amines) is 2. The second-order valence-corrected chi connectivity index (χ2v) is 13.5. The van der Waals surface area contributed by atoms with Gasteiger partial charge in [0.15, 0.2) is 0 Å². The van der Waals surface area contributed by atoms with Gasteiger partial charge in [-0.3, -0.25) is 19.0 Å². The normalized spacial score (nSPS) is 19.8. The number of aliphatic hydroxyl groups is 1. The fourth-order valence-electron chi connectivity index (χ4n) is 6.86. The highest BCUT2D eigenvalue weighted by Gasteiger charge is 2.42. The first-order valence-corrected chi connectivity index (χ1v) is 16.5. The number of thiazole rings is 1. The lowest BCUT2D eigenvalue weighted by molar-refractivity contribution is -0.142. The minimum Gasteiger partial charge on any atom is -0.388 e. The van der Waals surface area contributed by atoms with Crippen LogP contribution < -0.4 is 5.56 Å². The van der Waals surface area contributed by atoms with Crippen LogP contribution in [-0.4, -0.2) is 77.6 Å². The first-order valence-electron chi connectivity index (χ1n) is 15.7. The lowest BCUT2D eigenvalue weighted by atomic mass is 9.79. The molecule has 2 amide bonds. The van der Waals surface area contributed by atoms with Crippen LogP contribution in [0.3, 0.4) is 0 Å². The van der Waals surface area contributed by atoms with Crippen molar-refractivity contribution in [1.82, 2.24) is 28.9 Å². The standard InChI is InChI=1S/C35H36N6O4S/c1-38-16-12-27-30(38)37-23-41(33(27)43)22-35(45)14-18-39(19-15-35)32(42)26-13-17-40(21-28(26)24-8-4-2-5-9-24)34(44)29-20-36-31(46-29)25-10-6-3-7-11-25/h2-12,16,20,23,26,28,45H,13-15,17-19,21-22H2,1H3/t26-,28+/m1/s1. The molecule has 5 heterocycles. The van der Waals surface area contributed by atoms with Crippen molar-refractivity contribution < 1.29 is 14.7 Å². The predicted octanol–water partition coefficient (Wildman–Crippen LogP) is 4.16. The predicted molar refractivity (Wildman–Crippen MR) is 176 cm³/mol. The quantitative estimate of drug-likeness (QED) is 0.300. The Morgan fingerprint density at radius 1 is 0.957 bits per heavy atom. The average molecular weight is 637 g/mol. The third kappa shape index (κ3) is 5.76. The van der Waals surface area contributed by atoms with Crippen molar-refractivity contribution in [1.29, 1.82) is 0 Å². The van der Waals surface area contributed by atoms with Crippen LogP contribution in [0.5, 0.6) is 0 Å². The van der Waals surface area contributed by atoms with Crippen LogP contribution in [0.1, 0.15) is 40.4 Å². The van der Waals surface area contributed by atoms with E-state index in [2.05, 4.69) is 9.97 Å². The van der Waals surface area contributed by atoms with Gasteiger partial charge in [0.25, 0.3) is 11.5 Å². The number of carbonyl (C=O) groups is 2. The number of carbonyl (C=O) groups excluding carboxylic acids is 2. The monoisotopic (exact) mass is 636 g/mol. The molecular weight excluding hydrogens is 600 g/mol. The fraction of sp³-hybridized carbons (Fsp3) is 0.343. The molecule has 0 bridgehead atoms. The SMILES string of the molecule is Cn1ccc2c(=O)n(CC3(O)CCN(C(=O)[C@@H]4CCN(C(=O)c5cnc(-c6ccccc6)s5)C[C@H]4c4ccccc4)CC3)cnc21. The van der Waals surface area contributed by atoms with E-state index in [-0.39, 0.29) is 35.8 Å². The number of aryl methyl sites for hydroxylation is 1. The Morgan fingerprint density at radius 3 is 2.41 bits per heavy atom. The van der Waals surface area contributed by atoms with Crippen LogP contribution in [0.2, 0.25) is 0 Å². The molecule has 2 atom stereocenters. The molecule has 2 fully saturated rings. The van der Waals surface area contributed by atoms with Gasteiger partial charge in [0, 0.05) is 56.8 Å². The highest BCUT2D eigenvalue weighted by atomic mass is 32.1. The molecule has 46 heavy (non-hydrogen) atoms. The number of piperidine rings is 2. The summed E-state index contributed by atoms with van der Waals surface area (Å²) in [6.07, 6.45) is 6.22. The van der Waals surface area contributed by atoms with Crippen LogP contribution in [0.15, 0.2) is 90.2 Å². The van der Waals surface area contributed by atoms with E-state index in [9.17, 15) is 19.5 Å². The second-order valence-electron chi connectivity index (χ2n) is 12.5. The van der Waals surface area contributed by atoms with Crippen molar-refractivity contribution >= 4 is 34.2 Å². The maximum atomic E-state index is 14.1. The average Bonchev–Trinajstić information content (AvgIpc) is 3.74. The molecule has 236 valence electrons. The molecule has 0 radical (unpaired) electrons.